The molecule has 3 rings (SSSR count). The van der Waals surface area contributed by atoms with Crippen molar-refractivity contribution in [3.8, 4) is 12.1 Å². The van der Waals surface area contributed by atoms with Crippen LogP contribution in [-0.4, -0.2) is 21.6 Å². The molecule has 1 aliphatic heterocycles. The number of quaternary nitrogens is 1. The molecule has 0 aromatic heterocycles. The Hall–Kier alpha value is -0.710. The lowest BCUT2D eigenvalue weighted by Gasteiger charge is -2.51. The molecule has 1 heterocycles. The summed E-state index contributed by atoms with van der Waals surface area (Å²) in [5.41, 5.74) is -0.626. The Morgan fingerprint density at radius 2 is 1.39 bits per heavy atom. The van der Waals surface area contributed by atoms with Gasteiger partial charge in [0.1, 0.15) is 12.1 Å². The normalized spacial score (nSPS) is 47.2. The number of hydrogen-bond donors (Lipinski definition) is 1. The molecule has 0 amide bonds. The fraction of sp³-hybridized carbons (Fsp3) is 0.857. The molecule has 4 atom stereocenters. The third-order valence-electron chi connectivity index (χ3n) is 5.02. The van der Waals surface area contributed by atoms with Crippen molar-refractivity contribution in [2.75, 3.05) is 0 Å². The van der Waals surface area contributed by atoms with E-state index in [-0.39, 0.29) is 11.1 Å². The summed E-state index contributed by atoms with van der Waals surface area (Å²) in [6.07, 6.45) is 9.05. The monoisotopic (exact) mass is 262 g/mol. The minimum Gasteiger partial charge on any atom is -0.311 e. The van der Waals surface area contributed by atoms with E-state index in [9.17, 15) is 10.5 Å². The molecule has 0 bridgehead atoms. The number of fused-ring (bicyclic) bond motifs is 2. The average Bonchev–Trinajstić information content (AvgIpc) is 2.44. The molecule has 3 aliphatic rings. The lowest BCUT2D eigenvalue weighted by Crippen LogP contribution is -3.11. The summed E-state index contributed by atoms with van der Waals surface area (Å²) in [6.45, 7) is 0. The number of rotatable bonds is 0. The van der Waals surface area contributed by atoms with Crippen LogP contribution in [0.25, 0.3) is 0 Å². The second kappa shape index (κ2) is 4.44. The van der Waals surface area contributed by atoms with Gasteiger partial charge in [-0.25, -0.2) is 0 Å². The van der Waals surface area contributed by atoms with Gasteiger partial charge in [0.25, 0.3) is 0 Å². The number of hydrogen-bond acceptors (Lipinski definition) is 3. The molecule has 0 spiro atoms. The highest BCUT2D eigenvalue weighted by Crippen LogP contribution is 2.46. The summed E-state index contributed by atoms with van der Waals surface area (Å²) in [6, 6.07) is 5.17. The van der Waals surface area contributed by atoms with Gasteiger partial charge in [-0.2, -0.15) is 10.5 Å². The van der Waals surface area contributed by atoms with Crippen LogP contribution in [0.4, 0.5) is 0 Å². The predicted octanol–water partition coefficient (Wildman–Crippen LogP) is 1.71. The Balaban J connectivity index is 1.95. The number of thioether (sulfide) groups is 1. The Kier molecular flexibility index (Phi) is 3.04. The van der Waals surface area contributed by atoms with Crippen LogP contribution in [-0.2, 0) is 0 Å². The van der Waals surface area contributed by atoms with Gasteiger partial charge in [-0.05, 0) is 25.7 Å². The van der Waals surface area contributed by atoms with Crippen LogP contribution in [0.2, 0.25) is 0 Å². The average molecular weight is 262 g/mol. The number of nitriles is 2. The fourth-order valence-corrected chi connectivity index (χ4v) is 5.98. The molecule has 3 fully saturated rings. The summed E-state index contributed by atoms with van der Waals surface area (Å²) >= 11 is 1.97. The lowest BCUT2D eigenvalue weighted by molar-refractivity contribution is -0.771. The maximum absolute atomic E-state index is 9.67. The van der Waals surface area contributed by atoms with Gasteiger partial charge < -0.3 is 5.32 Å². The highest BCUT2D eigenvalue weighted by Gasteiger charge is 2.60. The maximum atomic E-state index is 9.67. The van der Waals surface area contributed by atoms with Crippen molar-refractivity contribution in [3.63, 3.8) is 0 Å². The summed E-state index contributed by atoms with van der Waals surface area (Å²) in [5, 5.41) is 22.4. The molecule has 0 aromatic rings. The van der Waals surface area contributed by atoms with Gasteiger partial charge >= 0.3 is 0 Å². The Morgan fingerprint density at radius 3 is 1.83 bits per heavy atom. The SMILES string of the molecule is N#C[C@]12CCCC[C@H]1S[C@@H]1CCCC[C@]1(C#N)[NH2+]2. The van der Waals surface area contributed by atoms with E-state index < -0.39 is 0 Å². The van der Waals surface area contributed by atoms with Crippen molar-refractivity contribution in [3.05, 3.63) is 0 Å². The first kappa shape index (κ1) is 12.3. The molecule has 0 aromatic carbocycles. The van der Waals surface area contributed by atoms with Gasteiger partial charge in [-0.3, -0.25) is 0 Å². The molecule has 0 radical (unpaired) electrons. The number of nitrogens with two attached hydrogens (primary N) is 1. The topological polar surface area (TPSA) is 64.2 Å². The van der Waals surface area contributed by atoms with Gasteiger partial charge in [0, 0.05) is 12.8 Å². The van der Waals surface area contributed by atoms with Crippen molar-refractivity contribution in [1.82, 2.24) is 0 Å². The van der Waals surface area contributed by atoms with Crippen LogP contribution in [0.5, 0.6) is 0 Å². The highest BCUT2D eigenvalue weighted by atomic mass is 32.2. The zero-order valence-corrected chi connectivity index (χ0v) is 11.5. The van der Waals surface area contributed by atoms with E-state index in [0.29, 0.717) is 10.5 Å². The summed E-state index contributed by atoms with van der Waals surface area (Å²) in [4.78, 5) is 0. The van der Waals surface area contributed by atoms with E-state index in [0.717, 1.165) is 38.5 Å². The van der Waals surface area contributed by atoms with Crippen molar-refractivity contribution >= 4 is 11.8 Å². The van der Waals surface area contributed by atoms with Gasteiger partial charge in [0.15, 0.2) is 11.1 Å². The first-order chi connectivity index (χ1) is 8.75. The molecule has 3 nitrogen and oxygen atoms in total. The highest BCUT2D eigenvalue weighted by molar-refractivity contribution is 8.00. The number of nitrogens with zero attached hydrogens (tertiary/aromatic N) is 2. The Bertz CT molecular complexity index is 386. The van der Waals surface area contributed by atoms with Gasteiger partial charge in [-0.1, -0.05) is 12.8 Å². The minimum atomic E-state index is -0.313. The van der Waals surface area contributed by atoms with E-state index in [1.807, 2.05) is 11.8 Å². The van der Waals surface area contributed by atoms with Crippen LogP contribution in [0.3, 0.4) is 0 Å². The molecule has 96 valence electrons. The third-order valence-corrected chi connectivity index (χ3v) is 6.99. The summed E-state index contributed by atoms with van der Waals surface area (Å²) in [7, 11) is 0. The second-order valence-corrected chi connectivity index (χ2v) is 7.46. The Morgan fingerprint density at radius 1 is 0.889 bits per heavy atom. The third kappa shape index (κ3) is 1.67. The van der Waals surface area contributed by atoms with E-state index in [1.165, 1.54) is 12.8 Å². The fourth-order valence-electron chi connectivity index (χ4n) is 4.02. The largest absolute Gasteiger partial charge is 0.311 e. The van der Waals surface area contributed by atoms with Gasteiger partial charge in [-0.15, -0.1) is 11.8 Å². The lowest BCUT2D eigenvalue weighted by atomic mass is 9.75. The van der Waals surface area contributed by atoms with E-state index in [2.05, 4.69) is 17.5 Å². The van der Waals surface area contributed by atoms with Crippen LogP contribution in [0.1, 0.15) is 51.4 Å². The zero-order valence-electron chi connectivity index (χ0n) is 10.7. The molecular formula is C14H20N3S+. The molecule has 18 heavy (non-hydrogen) atoms. The maximum Gasteiger partial charge on any atom is 0.196 e. The molecule has 2 aliphatic carbocycles. The smallest absolute Gasteiger partial charge is 0.196 e. The second-order valence-electron chi connectivity index (χ2n) is 6.05. The molecule has 0 unspecified atom stereocenters. The van der Waals surface area contributed by atoms with Crippen molar-refractivity contribution in [2.45, 2.75) is 72.9 Å². The summed E-state index contributed by atoms with van der Waals surface area (Å²) < 4.78 is 0. The van der Waals surface area contributed by atoms with Crippen molar-refractivity contribution < 1.29 is 5.32 Å². The van der Waals surface area contributed by atoms with Crippen molar-refractivity contribution in [1.29, 1.82) is 10.5 Å². The van der Waals surface area contributed by atoms with Crippen LogP contribution < -0.4 is 5.32 Å². The minimum absolute atomic E-state index is 0.313. The standard InChI is InChI=1S/C14H19N3S/c15-9-13-7-3-1-5-11(13)18-12-6-2-4-8-14(12,10-16)17-13/h11-12,17H,1-8H2/p+1/t11-,12-,13-,14-/m1/s1. The molecule has 2 saturated carbocycles. The van der Waals surface area contributed by atoms with E-state index in [1.54, 1.807) is 0 Å². The molecule has 1 saturated heterocycles. The van der Waals surface area contributed by atoms with Gasteiger partial charge in [0.2, 0.25) is 0 Å². The Labute approximate surface area is 113 Å². The van der Waals surface area contributed by atoms with Crippen LogP contribution >= 0.6 is 11.8 Å². The zero-order chi connectivity index (χ0) is 12.6. The van der Waals surface area contributed by atoms with E-state index >= 15 is 0 Å². The van der Waals surface area contributed by atoms with E-state index in [4.69, 9.17) is 0 Å². The predicted molar refractivity (Wildman–Crippen MR) is 70.7 cm³/mol. The first-order valence-corrected chi connectivity index (χ1v) is 8.04. The quantitative estimate of drug-likeness (QED) is 0.723. The molecular weight excluding hydrogens is 242 g/mol. The van der Waals surface area contributed by atoms with Gasteiger partial charge in [0.05, 0.1) is 10.5 Å². The first-order valence-electron chi connectivity index (χ1n) is 7.10. The molecule has 4 heteroatoms. The van der Waals surface area contributed by atoms with Crippen molar-refractivity contribution in [2.24, 2.45) is 0 Å². The van der Waals surface area contributed by atoms with Crippen LogP contribution in [0, 0.1) is 22.7 Å². The summed E-state index contributed by atoms with van der Waals surface area (Å²) in [5.74, 6) is 0. The van der Waals surface area contributed by atoms with Crippen LogP contribution in [0.15, 0.2) is 0 Å². The molecule has 2 N–H and O–H groups in total.